The average molecular weight is 342 g/mol. The maximum atomic E-state index is 13.8. The van der Waals surface area contributed by atoms with E-state index in [1.165, 1.54) is 45.4 Å². The topological polar surface area (TPSA) is 68.1 Å². The zero-order chi connectivity index (χ0) is 16.7. The molecule has 0 amide bonds. The van der Waals surface area contributed by atoms with Gasteiger partial charge in [0.05, 0.1) is 0 Å². The Bertz CT molecular complexity index is 433. The number of hydrogen-bond donors (Lipinski definition) is 0. The van der Waals surface area contributed by atoms with Crippen LogP contribution in [0.25, 0.3) is 0 Å². The molecule has 2 rings (SSSR count). The molecule has 1 atom stereocenters. The molecule has 0 bridgehead atoms. The first-order valence-corrected chi connectivity index (χ1v) is 11.0. The summed E-state index contributed by atoms with van der Waals surface area (Å²) in [6.07, 6.45) is 11.3. The van der Waals surface area contributed by atoms with Gasteiger partial charge in [0.25, 0.3) is 0 Å². The molecule has 0 radical (unpaired) electrons. The highest BCUT2D eigenvalue weighted by Crippen LogP contribution is 2.64. The SMILES string of the molecule is CC(=O)OCC(C)N=NP(=O)(C1CCCCC1)C1CCCCC1. The summed E-state index contributed by atoms with van der Waals surface area (Å²) in [6.45, 7) is 3.46. The fourth-order valence-corrected chi connectivity index (χ4v) is 7.22. The molecule has 0 spiro atoms. The van der Waals surface area contributed by atoms with Gasteiger partial charge in [-0.3, -0.25) is 9.36 Å². The molecule has 6 heteroatoms. The second kappa shape index (κ2) is 8.96. The second-order valence-corrected chi connectivity index (χ2v) is 10.1. The second-order valence-electron chi connectivity index (χ2n) is 7.11. The summed E-state index contributed by atoms with van der Waals surface area (Å²) in [5.41, 5.74) is 0.452. The molecule has 2 fully saturated rings. The van der Waals surface area contributed by atoms with E-state index in [0.29, 0.717) is 0 Å². The standard InChI is InChI=1S/C17H31N2O3P/c1-14(13-22-15(2)20)18-19-23(21,16-9-5-3-6-10-16)17-11-7-4-8-12-17/h14,16-17H,3-13H2,1-2H3. The third-order valence-electron chi connectivity index (χ3n) is 5.11. The van der Waals surface area contributed by atoms with Crippen molar-refractivity contribution in [2.75, 3.05) is 6.61 Å². The minimum Gasteiger partial charge on any atom is -0.464 e. The molecule has 5 nitrogen and oxygen atoms in total. The van der Waals surface area contributed by atoms with Crippen molar-refractivity contribution in [1.82, 2.24) is 0 Å². The lowest BCUT2D eigenvalue weighted by atomic mass is 10.00. The van der Waals surface area contributed by atoms with Gasteiger partial charge in [0.1, 0.15) is 12.6 Å². The maximum absolute atomic E-state index is 13.8. The van der Waals surface area contributed by atoms with E-state index in [-0.39, 0.29) is 29.9 Å². The molecule has 0 aromatic carbocycles. The number of carbonyl (C=O) groups excluding carboxylic acids is 1. The van der Waals surface area contributed by atoms with Crippen molar-refractivity contribution < 1.29 is 14.1 Å². The maximum Gasteiger partial charge on any atom is 0.302 e. The lowest BCUT2D eigenvalue weighted by Gasteiger charge is -2.34. The van der Waals surface area contributed by atoms with Crippen LogP contribution in [0.15, 0.2) is 10.00 Å². The van der Waals surface area contributed by atoms with Gasteiger partial charge >= 0.3 is 5.97 Å². The summed E-state index contributed by atoms with van der Waals surface area (Å²) >= 11 is 0. The molecule has 2 aliphatic carbocycles. The summed E-state index contributed by atoms with van der Waals surface area (Å²) in [4.78, 5) is 15.4. The molecular weight excluding hydrogens is 311 g/mol. The van der Waals surface area contributed by atoms with Crippen LogP contribution in [-0.4, -0.2) is 29.9 Å². The van der Waals surface area contributed by atoms with Crippen molar-refractivity contribution >= 4 is 13.3 Å². The summed E-state index contributed by atoms with van der Waals surface area (Å²) in [5.74, 6) is -0.310. The molecule has 0 N–H and O–H groups in total. The molecule has 0 saturated heterocycles. The summed E-state index contributed by atoms with van der Waals surface area (Å²) in [6, 6.07) is -0.223. The van der Waals surface area contributed by atoms with Crippen LogP contribution in [0.2, 0.25) is 0 Å². The fourth-order valence-electron chi connectivity index (χ4n) is 3.79. The molecule has 23 heavy (non-hydrogen) atoms. The number of esters is 1. The van der Waals surface area contributed by atoms with E-state index in [2.05, 4.69) is 10.00 Å². The lowest BCUT2D eigenvalue weighted by Crippen LogP contribution is -2.22. The highest BCUT2D eigenvalue weighted by atomic mass is 31.2. The van der Waals surface area contributed by atoms with E-state index in [0.717, 1.165) is 25.7 Å². The molecule has 132 valence electrons. The fraction of sp³-hybridized carbons (Fsp3) is 0.941. The smallest absolute Gasteiger partial charge is 0.302 e. The van der Waals surface area contributed by atoms with Gasteiger partial charge in [-0.2, -0.15) is 5.11 Å². The Morgan fingerprint density at radius 3 is 1.96 bits per heavy atom. The zero-order valence-electron chi connectivity index (χ0n) is 14.6. The van der Waals surface area contributed by atoms with E-state index in [1.54, 1.807) is 0 Å². The third-order valence-corrected chi connectivity index (χ3v) is 8.62. The predicted molar refractivity (Wildman–Crippen MR) is 92.3 cm³/mol. The van der Waals surface area contributed by atoms with Crippen LogP contribution in [0.4, 0.5) is 0 Å². The Morgan fingerprint density at radius 2 is 1.52 bits per heavy atom. The summed E-state index contributed by atoms with van der Waals surface area (Å²) < 4.78 is 18.8. The van der Waals surface area contributed by atoms with E-state index in [9.17, 15) is 9.36 Å². The molecular formula is C17H31N2O3P. The number of nitrogens with zero attached hydrogens (tertiary/aromatic N) is 2. The zero-order valence-corrected chi connectivity index (χ0v) is 15.5. The Balaban J connectivity index is 2.08. The first-order valence-electron chi connectivity index (χ1n) is 9.17. The van der Waals surface area contributed by atoms with Crippen molar-refractivity contribution in [2.45, 2.75) is 95.4 Å². The third kappa shape index (κ3) is 5.41. The molecule has 0 heterocycles. The summed E-state index contributed by atoms with van der Waals surface area (Å²) in [7, 11) is -2.65. The van der Waals surface area contributed by atoms with Gasteiger partial charge < -0.3 is 4.74 Å². The molecule has 0 aromatic rings. The van der Waals surface area contributed by atoms with Gasteiger partial charge in [0.2, 0.25) is 7.29 Å². The average Bonchev–Trinajstić information content (AvgIpc) is 2.59. The van der Waals surface area contributed by atoms with Crippen LogP contribution in [-0.2, 0) is 14.1 Å². The van der Waals surface area contributed by atoms with Crippen LogP contribution in [0.5, 0.6) is 0 Å². The first-order chi connectivity index (χ1) is 11.0. The minimum absolute atomic E-state index is 0.216. The predicted octanol–water partition coefficient (Wildman–Crippen LogP) is 5.33. The highest BCUT2D eigenvalue weighted by Gasteiger charge is 2.41. The van der Waals surface area contributed by atoms with Crippen molar-refractivity contribution in [1.29, 1.82) is 0 Å². The Morgan fingerprint density at radius 1 is 1.04 bits per heavy atom. The number of rotatable bonds is 6. The van der Waals surface area contributed by atoms with Gasteiger partial charge in [-0.1, -0.05) is 38.5 Å². The van der Waals surface area contributed by atoms with Crippen LogP contribution < -0.4 is 0 Å². The summed E-state index contributed by atoms with van der Waals surface area (Å²) in [5, 5.41) is 4.30. The van der Waals surface area contributed by atoms with E-state index < -0.39 is 7.29 Å². The molecule has 0 aromatic heterocycles. The van der Waals surface area contributed by atoms with Crippen LogP contribution >= 0.6 is 7.29 Å². The van der Waals surface area contributed by atoms with Gasteiger partial charge in [0, 0.05) is 18.2 Å². The van der Waals surface area contributed by atoms with Crippen molar-refractivity contribution in [2.24, 2.45) is 10.00 Å². The number of hydrogen-bond acceptors (Lipinski definition) is 4. The number of carbonyl (C=O) groups is 1. The van der Waals surface area contributed by atoms with Crippen molar-refractivity contribution in [3.63, 3.8) is 0 Å². The van der Waals surface area contributed by atoms with Gasteiger partial charge in [0.15, 0.2) is 0 Å². The first kappa shape index (κ1) is 18.6. The van der Waals surface area contributed by atoms with E-state index in [1.807, 2.05) is 6.92 Å². The van der Waals surface area contributed by atoms with Gasteiger partial charge in [-0.05, 0) is 32.6 Å². The van der Waals surface area contributed by atoms with Crippen molar-refractivity contribution in [3.8, 4) is 0 Å². The number of ether oxygens (including phenoxy) is 1. The quantitative estimate of drug-likeness (QED) is 0.372. The molecule has 2 aliphatic rings. The lowest BCUT2D eigenvalue weighted by molar-refractivity contribution is -0.141. The van der Waals surface area contributed by atoms with Gasteiger partial charge in [-0.25, -0.2) is 0 Å². The van der Waals surface area contributed by atoms with Crippen LogP contribution in [0.1, 0.15) is 78.1 Å². The molecule has 1 unspecified atom stereocenters. The monoisotopic (exact) mass is 342 g/mol. The van der Waals surface area contributed by atoms with Crippen molar-refractivity contribution in [3.05, 3.63) is 0 Å². The largest absolute Gasteiger partial charge is 0.464 e. The molecule has 2 saturated carbocycles. The Labute approximate surface area is 140 Å². The Hall–Kier alpha value is -0.700. The van der Waals surface area contributed by atoms with Crippen LogP contribution in [0, 0.1) is 0 Å². The van der Waals surface area contributed by atoms with Gasteiger partial charge in [-0.15, -0.1) is 4.88 Å². The minimum atomic E-state index is -2.65. The van der Waals surface area contributed by atoms with Crippen LogP contribution in [0.3, 0.4) is 0 Å². The highest BCUT2D eigenvalue weighted by molar-refractivity contribution is 7.63. The van der Waals surface area contributed by atoms with E-state index in [4.69, 9.17) is 4.74 Å². The normalized spacial score (nSPS) is 23.0. The Kier molecular flexibility index (Phi) is 7.26. The van der Waals surface area contributed by atoms with E-state index >= 15 is 0 Å². The molecule has 0 aliphatic heterocycles.